The monoisotopic (exact) mass is 280 g/mol. The van der Waals surface area contributed by atoms with Crippen LogP contribution in [-0.4, -0.2) is 14.5 Å². The van der Waals surface area contributed by atoms with Crippen LogP contribution in [0, 0.1) is 17.0 Å². The third kappa shape index (κ3) is 2.60. The van der Waals surface area contributed by atoms with Gasteiger partial charge in [-0.05, 0) is 33.3 Å². The van der Waals surface area contributed by atoms with E-state index >= 15 is 0 Å². The predicted molar refractivity (Wildman–Crippen MR) is 75.6 cm³/mol. The zero-order chi connectivity index (χ0) is 14.0. The first kappa shape index (κ1) is 13.5. The highest BCUT2D eigenvalue weighted by molar-refractivity contribution is 7.10. The van der Waals surface area contributed by atoms with Crippen molar-refractivity contribution in [2.75, 3.05) is 5.32 Å². The maximum atomic E-state index is 11.0. The van der Waals surface area contributed by atoms with Gasteiger partial charge >= 0.3 is 5.82 Å². The van der Waals surface area contributed by atoms with Gasteiger partial charge in [-0.15, -0.1) is 11.3 Å². The molecule has 0 bridgehead atoms. The molecule has 2 aromatic rings. The lowest BCUT2D eigenvalue weighted by Gasteiger charge is -2.06. The Bertz CT molecular complexity index is 603. The van der Waals surface area contributed by atoms with Crippen molar-refractivity contribution in [3.8, 4) is 0 Å². The molecule has 7 heteroatoms. The Morgan fingerprint density at radius 3 is 2.95 bits per heavy atom. The zero-order valence-electron chi connectivity index (χ0n) is 11.1. The number of hydrogen-bond acceptors (Lipinski definition) is 5. The molecule has 102 valence electrons. The maximum Gasteiger partial charge on any atom is 0.406 e. The molecule has 0 radical (unpaired) electrons. The van der Waals surface area contributed by atoms with Crippen LogP contribution >= 0.6 is 11.3 Å². The molecule has 0 aromatic carbocycles. The first-order valence-corrected chi connectivity index (χ1v) is 6.89. The lowest BCUT2D eigenvalue weighted by molar-refractivity contribution is -0.388. The average Bonchev–Trinajstić information content (AvgIpc) is 2.93. The molecule has 0 saturated carbocycles. The molecule has 2 aromatic heterocycles. The summed E-state index contributed by atoms with van der Waals surface area (Å²) in [5.74, 6) is 0.962. The van der Waals surface area contributed by atoms with Gasteiger partial charge in [-0.25, -0.2) is 0 Å². The SMILES string of the molecule is CCc1ccsc1CNc1c([N+](=O)[O-])nc(C)n1C. The molecule has 2 rings (SSSR count). The van der Waals surface area contributed by atoms with Crippen molar-refractivity contribution in [2.45, 2.75) is 26.8 Å². The van der Waals surface area contributed by atoms with E-state index in [1.807, 2.05) is 5.38 Å². The number of imidazole rings is 1. The largest absolute Gasteiger partial charge is 0.406 e. The number of hydrogen-bond donors (Lipinski definition) is 1. The number of thiophene rings is 1. The van der Waals surface area contributed by atoms with Crippen molar-refractivity contribution >= 4 is 23.0 Å². The smallest absolute Gasteiger partial charge is 0.359 e. The zero-order valence-corrected chi connectivity index (χ0v) is 12.0. The Labute approximate surface area is 115 Å². The number of aryl methyl sites for hydroxylation is 2. The minimum Gasteiger partial charge on any atom is -0.359 e. The lowest BCUT2D eigenvalue weighted by atomic mass is 10.2. The van der Waals surface area contributed by atoms with Crippen LogP contribution in [0.25, 0.3) is 0 Å². The Kier molecular flexibility index (Phi) is 3.84. The maximum absolute atomic E-state index is 11.0. The summed E-state index contributed by atoms with van der Waals surface area (Å²) >= 11 is 1.66. The molecule has 6 nitrogen and oxygen atoms in total. The molecule has 0 atom stereocenters. The van der Waals surface area contributed by atoms with Gasteiger partial charge in [0.25, 0.3) is 0 Å². The Balaban J connectivity index is 2.22. The summed E-state index contributed by atoms with van der Waals surface area (Å²) in [7, 11) is 1.77. The van der Waals surface area contributed by atoms with E-state index in [0.29, 0.717) is 18.2 Å². The Morgan fingerprint density at radius 2 is 2.32 bits per heavy atom. The van der Waals surface area contributed by atoms with E-state index in [1.54, 1.807) is 29.9 Å². The number of anilines is 1. The molecule has 2 heterocycles. The van der Waals surface area contributed by atoms with Crippen LogP contribution in [0.15, 0.2) is 11.4 Å². The van der Waals surface area contributed by atoms with Crippen molar-refractivity contribution < 1.29 is 4.92 Å². The van der Waals surface area contributed by atoms with Crippen molar-refractivity contribution in [3.05, 3.63) is 37.8 Å². The molecule has 0 aliphatic heterocycles. The third-order valence-electron chi connectivity index (χ3n) is 3.11. The van der Waals surface area contributed by atoms with Gasteiger partial charge in [0.1, 0.15) is 0 Å². The van der Waals surface area contributed by atoms with Crippen molar-refractivity contribution in [1.82, 2.24) is 9.55 Å². The van der Waals surface area contributed by atoms with Crippen molar-refractivity contribution in [1.29, 1.82) is 0 Å². The molecule has 0 aliphatic rings. The fraction of sp³-hybridized carbons (Fsp3) is 0.417. The summed E-state index contributed by atoms with van der Waals surface area (Å²) in [6.45, 7) is 4.43. The van der Waals surface area contributed by atoms with E-state index in [0.717, 1.165) is 6.42 Å². The summed E-state index contributed by atoms with van der Waals surface area (Å²) in [4.78, 5) is 15.7. The van der Waals surface area contributed by atoms with Crippen LogP contribution in [0.5, 0.6) is 0 Å². The molecule has 0 saturated heterocycles. The predicted octanol–water partition coefficient (Wildman–Crippen LogP) is 2.87. The number of aromatic nitrogens is 2. The summed E-state index contributed by atoms with van der Waals surface area (Å²) in [5.41, 5.74) is 1.28. The van der Waals surface area contributed by atoms with E-state index in [9.17, 15) is 10.1 Å². The van der Waals surface area contributed by atoms with E-state index < -0.39 is 4.92 Å². The highest BCUT2D eigenvalue weighted by Gasteiger charge is 2.23. The Morgan fingerprint density at radius 1 is 1.58 bits per heavy atom. The van der Waals surface area contributed by atoms with E-state index in [1.165, 1.54) is 10.4 Å². The van der Waals surface area contributed by atoms with Crippen LogP contribution in [0.3, 0.4) is 0 Å². The van der Waals surface area contributed by atoms with E-state index in [-0.39, 0.29) is 5.82 Å². The summed E-state index contributed by atoms with van der Waals surface area (Å²) in [5, 5.41) is 16.1. The van der Waals surface area contributed by atoms with Crippen molar-refractivity contribution in [2.24, 2.45) is 7.05 Å². The van der Waals surface area contributed by atoms with Gasteiger partial charge in [0.2, 0.25) is 11.6 Å². The minimum atomic E-state index is -0.454. The highest BCUT2D eigenvalue weighted by atomic mass is 32.1. The molecule has 1 N–H and O–H groups in total. The Hall–Kier alpha value is -1.89. The van der Waals surface area contributed by atoms with Gasteiger partial charge < -0.3 is 15.4 Å². The second-order valence-corrected chi connectivity index (χ2v) is 5.22. The molecule has 19 heavy (non-hydrogen) atoms. The van der Waals surface area contributed by atoms with Crippen LogP contribution in [-0.2, 0) is 20.0 Å². The van der Waals surface area contributed by atoms with Gasteiger partial charge in [0.05, 0.1) is 6.54 Å². The van der Waals surface area contributed by atoms with Gasteiger partial charge in [0, 0.05) is 18.8 Å². The molecular formula is C12H16N4O2S. The molecule has 0 spiro atoms. The summed E-state index contributed by atoms with van der Waals surface area (Å²) in [6.07, 6.45) is 0.965. The van der Waals surface area contributed by atoms with E-state index in [2.05, 4.69) is 23.3 Å². The van der Waals surface area contributed by atoms with Crippen LogP contribution in [0.1, 0.15) is 23.2 Å². The fourth-order valence-corrected chi connectivity index (χ4v) is 2.83. The lowest BCUT2D eigenvalue weighted by Crippen LogP contribution is -2.06. The van der Waals surface area contributed by atoms with E-state index in [4.69, 9.17) is 0 Å². The first-order chi connectivity index (χ1) is 9.04. The highest BCUT2D eigenvalue weighted by Crippen LogP contribution is 2.26. The van der Waals surface area contributed by atoms with Gasteiger partial charge in [-0.1, -0.05) is 6.92 Å². The average molecular weight is 280 g/mol. The molecule has 0 aliphatic carbocycles. The molecule has 0 amide bonds. The normalized spacial score (nSPS) is 10.7. The molecular weight excluding hydrogens is 264 g/mol. The van der Waals surface area contributed by atoms with Gasteiger partial charge in [0.15, 0.2) is 0 Å². The summed E-state index contributed by atoms with van der Waals surface area (Å²) in [6, 6.07) is 2.09. The number of nitrogens with one attached hydrogen (secondary N) is 1. The first-order valence-electron chi connectivity index (χ1n) is 6.01. The minimum absolute atomic E-state index is 0.116. The number of nitro groups is 1. The van der Waals surface area contributed by atoms with Crippen LogP contribution in [0.4, 0.5) is 11.6 Å². The topological polar surface area (TPSA) is 73.0 Å². The third-order valence-corrected chi connectivity index (χ3v) is 4.07. The van der Waals surface area contributed by atoms with Crippen molar-refractivity contribution in [3.63, 3.8) is 0 Å². The van der Waals surface area contributed by atoms with Crippen LogP contribution in [0.2, 0.25) is 0 Å². The quantitative estimate of drug-likeness (QED) is 0.675. The van der Waals surface area contributed by atoms with Gasteiger partial charge in [-0.3, -0.25) is 4.57 Å². The standard InChI is InChI=1S/C12H16N4O2S/c1-4-9-5-6-19-10(9)7-13-11-12(16(17)18)14-8(2)15(11)3/h5-6,13H,4,7H2,1-3H3. The van der Waals surface area contributed by atoms with Gasteiger partial charge in [-0.2, -0.15) is 0 Å². The molecule has 0 unspecified atom stereocenters. The number of rotatable bonds is 5. The van der Waals surface area contributed by atoms with Crippen LogP contribution < -0.4 is 5.32 Å². The molecule has 0 fully saturated rings. The second-order valence-electron chi connectivity index (χ2n) is 4.22. The summed E-state index contributed by atoms with van der Waals surface area (Å²) < 4.78 is 1.71. The second kappa shape index (κ2) is 5.40. The number of nitrogens with zero attached hydrogens (tertiary/aromatic N) is 3. The fourth-order valence-electron chi connectivity index (χ4n) is 1.92.